The standard InChI is InChI=1S/C21H22N4O2S/c26-19(13-24-10-8-14-4-1-2-7-17(14)24)25-11-9-16-18(12-25)28-21(22-16)23-20(27)15-5-3-6-15/h1-2,4,7-8,10,15H,3,5-6,9,11-13H2,(H,22,23,27). The molecule has 1 aliphatic carbocycles. The largest absolute Gasteiger partial charge is 0.338 e. The van der Waals surface area contributed by atoms with E-state index in [0.717, 1.165) is 47.2 Å². The summed E-state index contributed by atoms with van der Waals surface area (Å²) in [6.45, 7) is 1.59. The van der Waals surface area contributed by atoms with Crippen molar-refractivity contribution in [2.24, 2.45) is 5.92 Å². The number of fused-ring (bicyclic) bond motifs is 2. The summed E-state index contributed by atoms with van der Waals surface area (Å²) in [6, 6.07) is 10.1. The molecular formula is C21H22N4O2S. The summed E-state index contributed by atoms with van der Waals surface area (Å²) < 4.78 is 2.00. The second-order valence-corrected chi connectivity index (χ2v) is 8.66. The third-order valence-corrected chi connectivity index (χ3v) is 6.77. The Kier molecular flexibility index (Phi) is 4.39. The minimum atomic E-state index is 0.0877. The summed E-state index contributed by atoms with van der Waals surface area (Å²) in [5.74, 6) is 0.348. The highest BCUT2D eigenvalue weighted by atomic mass is 32.1. The molecule has 1 aromatic carbocycles. The van der Waals surface area contributed by atoms with Gasteiger partial charge in [-0.05, 0) is 30.4 Å². The van der Waals surface area contributed by atoms with Crippen LogP contribution in [0.4, 0.5) is 5.13 Å². The highest BCUT2D eigenvalue weighted by Gasteiger charge is 2.28. The SMILES string of the molecule is O=C(Nc1nc2c(s1)CN(C(=O)Cn1ccc3ccccc31)CC2)C1CCC1. The zero-order valence-electron chi connectivity index (χ0n) is 15.6. The quantitative estimate of drug-likeness (QED) is 0.737. The molecule has 6 nitrogen and oxygen atoms in total. The van der Waals surface area contributed by atoms with Gasteiger partial charge in [0.05, 0.1) is 12.2 Å². The lowest BCUT2D eigenvalue weighted by Gasteiger charge is -2.26. The van der Waals surface area contributed by atoms with E-state index in [9.17, 15) is 9.59 Å². The number of rotatable bonds is 4. The summed E-state index contributed by atoms with van der Waals surface area (Å²) >= 11 is 1.50. The lowest BCUT2D eigenvalue weighted by Crippen LogP contribution is -2.37. The van der Waals surface area contributed by atoms with E-state index >= 15 is 0 Å². The van der Waals surface area contributed by atoms with Gasteiger partial charge in [-0.2, -0.15) is 0 Å². The van der Waals surface area contributed by atoms with Gasteiger partial charge in [-0.1, -0.05) is 36.0 Å². The molecule has 28 heavy (non-hydrogen) atoms. The van der Waals surface area contributed by atoms with Crippen molar-refractivity contribution in [1.29, 1.82) is 0 Å². The maximum absolute atomic E-state index is 12.9. The fourth-order valence-corrected chi connectivity index (χ4v) is 4.89. The molecule has 2 amide bonds. The number of anilines is 1. The van der Waals surface area contributed by atoms with Crippen LogP contribution in [0.1, 0.15) is 29.8 Å². The third-order valence-electron chi connectivity index (χ3n) is 5.78. The molecule has 1 saturated carbocycles. The molecule has 7 heteroatoms. The number of nitrogens with one attached hydrogen (secondary N) is 1. The van der Waals surface area contributed by atoms with E-state index in [4.69, 9.17) is 0 Å². The van der Waals surface area contributed by atoms with E-state index in [1.165, 1.54) is 11.3 Å². The molecule has 2 aliphatic rings. The first-order valence-corrected chi connectivity index (χ1v) is 10.6. The Hall–Kier alpha value is -2.67. The highest BCUT2D eigenvalue weighted by molar-refractivity contribution is 7.15. The van der Waals surface area contributed by atoms with E-state index in [1.807, 2.05) is 39.9 Å². The van der Waals surface area contributed by atoms with Gasteiger partial charge in [-0.15, -0.1) is 0 Å². The Morgan fingerprint density at radius 2 is 2.07 bits per heavy atom. The lowest BCUT2D eigenvalue weighted by atomic mass is 9.85. The molecule has 5 rings (SSSR count). The fourth-order valence-electron chi connectivity index (χ4n) is 3.86. The van der Waals surface area contributed by atoms with Crippen LogP contribution in [0.15, 0.2) is 36.5 Å². The van der Waals surface area contributed by atoms with Gasteiger partial charge in [0.15, 0.2) is 5.13 Å². The second kappa shape index (κ2) is 7.05. The summed E-state index contributed by atoms with van der Waals surface area (Å²) in [4.78, 5) is 32.6. The number of hydrogen-bond donors (Lipinski definition) is 1. The Morgan fingerprint density at radius 1 is 1.21 bits per heavy atom. The Morgan fingerprint density at radius 3 is 2.89 bits per heavy atom. The van der Waals surface area contributed by atoms with E-state index in [2.05, 4.69) is 16.4 Å². The molecule has 144 valence electrons. The van der Waals surface area contributed by atoms with Crippen molar-refractivity contribution < 1.29 is 9.59 Å². The van der Waals surface area contributed by atoms with Gasteiger partial charge in [-0.3, -0.25) is 9.59 Å². The molecule has 0 bridgehead atoms. The highest BCUT2D eigenvalue weighted by Crippen LogP contribution is 2.31. The maximum Gasteiger partial charge on any atom is 0.242 e. The zero-order valence-corrected chi connectivity index (χ0v) is 16.4. The normalized spacial score (nSPS) is 16.6. The summed E-state index contributed by atoms with van der Waals surface area (Å²) in [5.41, 5.74) is 2.09. The van der Waals surface area contributed by atoms with Crippen molar-refractivity contribution in [3.05, 3.63) is 47.1 Å². The summed E-state index contributed by atoms with van der Waals surface area (Å²) in [7, 11) is 0. The van der Waals surface area contributed by atoms with E-state index < -0.39 is 0 Å². The number of para-hydroxylation sites is 1. The van der Waals surface area contributed by atoms with Crippen molar-refractivity contribution in [2.45, 2.75) is 38.8 Å². The molecule has 0 spiro atoms. The maximum atomic E-state index is 12.9. The van der Waals surface area contributed by atoms with Crippen molar-refractivity contribution in [2.75, 3.05) is 11.9 Å². The average molecular weight is 395 g/mol. The van der Waals surface area contributed by atoms with Crippen LogP contribution in [-0.2, 0) is 29.1 Å². The lowest BCUT2D eigenvalue weighted by molar-refractivity contribution is -0.132. The van der Waals surface area contributed by atoms with Crippen LogP contribution >= 0.6 is 11.3 Å². The van der Waals surface area contributed by atoms with Gasteiger partial charge in [0.2, 0.25) is 11.8 Å². The predicted octanol–water partition coefficient (Wildman–Crippen LogP) is 3.42. The van der Waals surface area contributed by atoms with Crippen LogP contribution < -0.4 is 5.32 Å². The van der Waals surface area contributed by atoms with E-state index in [1.54, 1.807) is 0 Å². The molecule has 1 N–H and O–H groups in total. The molecule has 1 fully saturated rings. The van der Waals surface area contributed by atoms with Gasteiger partial charge in [-0.25, -0.2) is 4.98 Å². The Labute approximate surface area is 167 Å². The predicted molar refractivity (Wildman–Crippen MR) is 109 cm³/mol. The molecule has 3 heterocycles. The van der Waals surface area contributed by atoms with Crippen LogP contribution in [0.25, 0.3) is 10.9 Å². The molecule has 1 aliphatic heterocycles. The first kappa shape index (κ1) is 17.4. The first-order valence-electron chi connectivity index (χ1n) is 9.78. The second-order valence-electron chi connectivity index (χ2n) is 7.57. The minimum Gasteiger partial charge on any atom is -0.338 e. The fraction of sp³-hybridized carbons (Fsp3) is 0.381. The third kappa shape index (κ3) is 3.20. The number of amides is 2. The van der Waals surface area contributed by atoms with E-state index in [0.29, 0.717) is 24.8 Å². The topological polar surface area (TPSA) is 67.2 Å². The van der Waals surface area contributed by atoms with Crippen molar-refractivity contribution >= 4 is 39.2 Å². The van der Waals surface area contributed by atoms with Gasteiger partial charge in [0.1, 0.15) is 6.54 Å². The summed E-state index contributed by atoms with van der Waals surface area (Å²) in [6.07, 6.45) is 5.81. The average Bonchev–Trinajstić information content (AvgIpc) is 3.23. The van der Waals surface area contributed by atoms with Gasteiger partial charge >= 0.3 is 0 Å². The van der Waals surface area contributed by atoms with Crippen molar-refractivity contribution in [1.82, 2.24) is 14.5 Å². The van der Waals surface area contributed by atoms with E-state index in [-0.39, 0.29) is 17.7 Å². The zero-order chi connectivity index (χ0) is 19.1. The number of hydrogen-bond acceptors (Lipinski definition) is 4. The monoisotopic (exact) mass is 394 g/mol. The van der Waals surface area contributed by atoms with Gasteiger partial charge < -0.3 is 14.8 Å². The summed E-state index contributed by atoms with van der Waals surface area (Å²) in [5, 5.41) is 4.78. The van der Waals surface area contributed by atoms with Crippen LogP contribution in [0.5, 0.6) is 0 Å². The number of thiazole rings is 1. The molecule has 0 saturated heterocycles. The molecular weight excluding hydrogens is 372 g/mol. The Bertz CT molecular complexity index is 1050. The van der Waals surface area contributed by atoms with Crippen LogP contribution in [0.2, 0.25) is 0 Å². The number of carbonyl (C=O) groups is 2. The van der Waals surface area contributed by atoms with Crippen LogP contribution in [-0.4, -0.2) is 32.8 Å². The molecule has 0 radical (unpaired) electrons. The number of carbonyl (C=O) groups excluding carboxylic acids is 2. The Balaban J connectivity index is 1.26. The number of benzene rings is 1. The van der Waals surface area contributed by atoms with Gasteiger partial charge in [0.25, 0.3) is 0 Å². The molecule has 3 aromatic rings. The molecule has 2 aromatic heterocycles. The minimum absolute atomic E-state index is 0.0877. The molecule has 0 unspecified atom stereocenters. The molecule has 0 atom stereocenters. The number of aromatic nitrogens is 2. The van der Waals surface area contributed by atoms with Gasteiger partial charge in [0, 0.05) is 35.5 Å². The van der Waals surface area contributed by atoms with Crippen LogP contribution in [0, 0.1) is 5.92 Å². The first-order chi connectivity index (χ1) is 13.7. The van der Waals surface area contributed by atoms with Crippen LogP contribution in [0.3, 0.4) is 0 Å². The number of nitrogens with zero attached hydrogens (tertiary/aromatic N) is 3. The smallest absolute Gasteiger partial charge is 0.242 e. The van der Waals surface area contributed by atoms with Crippen molar-refractivity contribution in [3.63, 3.8) is 0 Å². The van der Waals surface area contributed by atoms with Crippen molar-refractivity contribution in [3.8, 4) is 0 Å².